The van der Waals surface area contributed by atoms with Crippen molar-refractivity contribution in [2.45, 2.75) is 13.0 Å². The Hall–Kier alpha value is -2.83. The van der Waals surface area contributed by atoms with Crippen molar-refractivity contribution in [3.05, 3.63) is 65.6 Å². The Bertz CT molecular complexity index is 848. The van der Waals surface area contributed by atoms with E-state index >= 15 is 0 Å². The molecule has 3 rings (SSSR count). The number of nitrogens with zero attached hydrogens (tertiary/aromatic N) is 3. The van der Waals surface area contributed by atoms with Gasteiger partial charge < -0.3 is 4.74 Å². The predicted molar refractivity (Wildman–Crippen MR) is 73.2 cm³/mol. The van der Waals surface area contributed by atoms with Gasteiger partial charge in [0.1, 0.15) is 23.3 Å². The van der Waals surface area contributed by atoms with E-state index in [4.69, 9.17) is 4.74 Å². The molecule has 0 saturated heterocycles. The summed E-state index contributed by atoms with van der Waals surface area (Å²) in [6.45, 7) is 1.47. The van der Waals surface area contributed by atoms with Gasteiger partial charge in [0.2, 0.25) is 0 Å². The lowest BCUT2D eigenvalue weighted by Gasteiger charge is -2.14. The molecule has 0 radical (unpaired) electrons. The number of esters is 1. The number of halogens is 2. The Labute approximate surface area is 124 Å². The predicted octanol–water partition coefficient (Wildman–Crippen LogP) is 2.93. The Morgan fingerprint density at radius 1 is 1.36 bits per heavy atom. The Morgan fingerprint density at radius 2 is 2.18 bits per heavy atom. The molecule has 0 saturated carbocycles. The third kappa shape index (κ3) is 2.52. The number of aromatic nitrogens is 3. The summed E-state index contributed by atoms with van der Waals surface area (Å²) in [5.74, 6) is -1.94. The first-order valence-electron chi connectivity index (χ1n) is 6.50. The van der Waals surface area contributed by atoms with E-state index in [2.05, 4.69) is 10.1 Å². The van der Waals surface area contributed by atoms with E-state index in [1.807, 2.05) is 0 Å². The van der Waals surface area contributed by atoms with Gasteiger partial charge in [-0.3, -0.25) is 0 Å². The number of hydrogen-bond donors (Lipinski definition) is 0. The summed E-state index contributed by atoms with van der Waals surface area (Å²) in [4.78, 5) is 16.2. The van der Waals surface area contributed by atoms with Gasteiger partial charge in [0.25, 0.3) is 0 Å². The fourth-order valence-electron chi connectivity index (χ4n) is 2.08. The molecule has 1 aromatic carbocycles. The Morgan fingerprint density at radius 3 is 3.00 bits per heavy atom. The van der Waals surface area contributed by atoms with Crippen molar-refractivity contribution in [1.29, 1.82) is 0 Å². The molecule has 0 bridgehead atoms. The second-order valence-corrected chi connectivity index (χ2v) is 4.66. The van der Waals surface area contributed by atoms with Crippen LogP contribution in [0.2, 0.25) is 0 Å². The first-order chi connectivity index (χ1) is 10.6. The van der Waals surface area contributed by atoms with Crippen molar-refractivity contribution in [2.24, 2.45) is 0 Å². The van der Waals surface area contributed by atoms with Crippen LogP contribution in [0.1, 0.15) is 28.9 Å². The zero-order valence-corrected chi connectivity index (χ0v) is 11.5. The van der Waals surface area contributed by atoms with E-state index in [-0.39, 0.29) is 11.1 Å². The summed E-state index contributed by atoms with van der Waals surface area (Å²) in [5, 5.41) is 3.97. The number of hydrogen-bond acceptors (Lipinski definition) is 4. The summed E-state index contributed by atoms with van der Waals surface area (Å²) >= 11 is 0. The molecule has 2 heterocycles. The minimum Gasteiger partial charge on any atom is -0.454 e. The van der Waals surface area contributed by atoms with E-state index in [1.165, 1.54) is 23.8 Å². The van der Waals surface area contributed by atoms with Gasteiger partial charge in [-0.25, -0.2) is 23.1 Å². The molecule has 1 atom stereocenters. The summed E-state index contributed by atoms with van der Waals surface area (Å²) in [7, 11) is 0. The normalized spacial score (nSPS) is 12.3. The zero-order valence-electron chi connectivity index (χ0n) is 11.5. The van der Waals surface area contributed by atoms with E-state index in [1.54, 1.807) is 12.3 Å². The van der Waals surface area contributed by atoms with Crippen LogP contribution in [0.3, 0.4) is 0 Å². The van der Waals surface area contributed by atoms with Gasteiger partial charge in [-0.1, -0.05) is 0 Å². The van der Waals surface area contributed by atoms with Gasteiger partial charge in [-0.2, -0.15) is 5.10 Å². The van der Waals surface area contributed by atoms with Crippen molar-refractivity contribution in [1.82, 2.24) is 14.6 Å². The van der Waals surface area contributed by atoms with Crippen molar-refractivity contribution in [2.75, 3.05) is 0 Å². The fourth-order valence-corrected chi connectivity index (χ4v) is 2.08. The molecule has 5 nitrogen and oxygen atoms in total. The van der Waals surface area contributed by atoms with Crippen LogP contribution in [0.25, 0.3) is 5.65 Å². The molecule has 0 aliphatic rings. The second-order valence-electron chi connectivity index (χ2n) is 4.66. The molecular formula is C15H11F2N3O2. The zero-order chi connectivity index (χ0) is 15.7. The quantitative estimate of drug-likeness (QED) is 0.698. The lowest BCUT2D eigenvalue weighted by atomic mass is 10.1. The van der Waals surface area contributed by atoms with Crippen LogP contribution in [0.5, 0.6) is 0 Å². The summed E-state index contributed by atoms with van der Waals surface area (Å²) < 4.78 is 33.5. The van der Waals surface area contributed by atoms with Gasteiger partial charge in [-0.05, 0) is 31.2 Å². The van der Waals surface area contributed by atoms with E-state index in [9.17, 15) is 13.6 Å². The maximum Gasteiger partial charge on any atom is 0.344 e. The second kappa shape index (κ2) is 5.51. The minimum absolute atomic E-state index is 0.0298. The molecule has 0 fully saturated rings. The van der Waals surface area contributed by atoms with E-state index < -0.39 is 23.7 Å². The standard InChI is InChI=1S/C15H11F2N3O2/c1-9(11-7-10(16)3-4-13(11)17)22-15(21)12-8-19-20-6-2-5-18-14(12)20/h2-9H,1H3. The third-order valence-corrected chi connectivity index (χ3v) is 3.18. The maximum absolute atomic E-state index is 13.7. The molecular weight excluding hydrogens is 292 g/mol. The van der Waals surface area contributed by atoms with Crippen molar-refractivity contribution < 1.29 is 18.3 Å². The van der Waals surface area contributed by atoms with Crippen molar-refractivity contribution in [3.63, 3.8) is 0 Å². The topological polar surface area (TPSA) is 56.5 Å². The number of carbonyl (C=O) groups excluding carboxylic acids is 1. The lowest BCUT2D eigenvalue weighted by molar-refractivity contribution is 0.0332. The smallest absolute Gasteiger partial charge is 0.344 e. The Kier molecular flexibility index (Phi) is 3.54. The monoisotopic (exact) mass is 303 g/mol. The largest absolute Gasteiger partial charge is 0.454 e. The highest BCUT2D eigenvalue weighted by molar-refractivity contribution is 5.95. The highest BCUT2D eigenvalue weighted by Gasteiger charge is 2.20. The summed E-state index contributed by atoms with van der Waals surface area (Å²) in [6.07, 6.45) is 3.53. The highest BCUT2D eigenvalue weighted by atomic mass is 19.1. The molecule has 0 aliphatic heterocycles. The minimum atomic E-state index is -0.943. The molecule has 1 unspecified atom stereocenters. The van der Waals surface area contributed by atoms with Crippen LogP contribution in [0.15, 0.2) is 42.9 Å². The van der Waals surface area contributed by atoms with E-state index in [0.29, 0.717) is 5.65 Å². The number of carbonyl (C=O) groups is 1. The highest BCUT2D eigenvalue weighted by Crippen LogP contribution is 2.23. The van der Waals surface area contributed by atoms with Gasteiger partial charge in [0, 0.05) is 18.0 Å². The van der Waals surface area contributed by atoms with Crippen LogP contribution in [0.4, 0.5) is 8.78 Å². The fraction of sp³-hybridized carbons (Fsp3) is 0.133. The van der Waals surface area contributed by atoms with Crippen LogP contribution in [-0.2, 0) is 4.74 Å². The van der Waals surface area contributed by atoms with Crippen LogP contribution < -0.4 is 0 Å². The van der Waals surface area contributed by atoms with Crippen LogP contribution >= 0.6 is 0 Å². The third-order valence-electron chi connectivity index (χ3n) is 3.18. The first-order valence-corrected chi connectivity index (χ1v) is 6.50. The summed E-state index contributed by atoms with van der Waals surface area (Å²) in [5.41, 5.74) is 0.460. The molecule has 0 aliphatic carbocycles. The number of fused-ring (bicyclic) bond motifs is 1. The van der Waals surface area contributed by atoms with Crippen LogP contribution in [-0.4, -0.2) is 20.6 Å². The molecule has 7 heteroatoms. The number of ether oxygens (including phenoxy) is 1. The molecule has 112 valence electrons. The molecule has 0 spiro atoms. The SMILES string of the molecule is CC(OC(=O)c1cnn2cccnc12)c1cc(F)ccc1F. The molecule has 2 aromatic heterocycles. The molecule has 3 aromatic rings. The van der Waals surface area contributed by atoms with Gasteiger partial charge in [-0.15, -0.1) is 0 Å². The molecule has 0 N–H and O–H groups in total. The van der Waals surface area contributed by atoms with Crippen molar-refractivity contribution >= 4 is 11.6 Å². The van der Waals surface area contributed by atoms with Gasteiger partial charge in [0.15, 0.2) is 5.65 Å². The Balaban J connectivity index is 1.86. The average Bonchev–Trinajstić information content (AvgIpc) is 2.93. The first kappa shape index (κ1) is 14.1. The molecule has 0 amide bonds. The summed E-state index contributed by atoms with van der Waals surface area (Å²) in [6, 6.07) is 4.66. The number of rotatable bonds is 3. The number of benzene rings is 1. The van der Waals surface area contributed by atoms with Crippen LogP contribution in [0, 0.1) is 11.6 Å². The van der Waals surface area contributed by atoms with Gasteiger partial charge in [0.05, 0.1) is 6.20 Å². The van der Waals surface area contributed by atoms with Crippen molar-refractivity contribution in [3.8, 4) is 0 Å². The maximum atomic E-state index is 13.7. The van der Waals surface area contributed by atoms with Gasteiger partial charge >= 0.3 is 5.97 Å². The lowest BCUT2D eigenvalue weighted by Crippen LogP contribution is -2.11. The molecule has 22 heavy (non-hydrogen) atoms. The van der Waals surface area contributed by atoms with E-state index in [0.717, 1.165) is 18.2 Å². The average molecular weight is 303 g/mol.